The molecule has 190 valence electrons. The molecule has 1 fully saturated rings. The van der Waals surface area contributed by atoms with Crippen molar-refractivity contribution in [1.82, 2.24) is 0 Å². The molecule has 3 rings (SSSR count). The molecule has 1 aliphatic carbocycles. The van der Waals surface area contributed by atoms with Gasteiger partial charge in [0.1, 0.15) is 17.3 Å². The maximum atomic E-state index is 12.6. The van der Waals surface area contributed by atoms with Gasteiger partial charge in [-0.15, -0.1) is 11.8 Å². The summed E-state index contributed by atoms with van der Waals surface area (Å²) in [5, 5.41) is 0. The van der Waals surface area contributed by atoms with Crippen LogP contribution in [-0.2, 0) is 4.74 Å². The van der Waals surface area contributed by atoms with E-state index in [4.69, 9.17) is 14.2 Å². The predicted molar refractivity (Wildman–Crippen MR) is 145 cm³/mol. The van der Waals surface area contributed by atoms with Gasteiger partial charge in [0, 0.05) is 5.92 Å². The van der Waals surface area contributed by atoms with E-state index in [1.54, 1.807) is 18.2 Å². The Morgan fingerprint density at radius 3 is 2.19 bits per heavy atom. The van der Waals surface area contributed by atoms with Crippen molar-refractivity contribution in [3.05, 3.63) is 84.7 Å². The van der Waals surface area contributed by atoms with Gasteiger partial charge in [-0.2, -0.15) is 0 Å². The van der Waals surface area contributed by atoms with E-state index in [1.807, 2.05) is 31.2 Å². The van der Waals surface area contributed by atoms with Gasteiger partial charge in [0.2, 0.25) is 0 Å². The fraction of sp³-hybridized carbons (Fsp3) is 0.406. The lowest BCUT2D eigenvalue weighted by Gasteiger charge is -2.26. The highest BCUT2D eigenvalue weighted by Gasteiger charge is 2.21. The number of hydrogen-bond donors (Lipinski definition) is 0. The SMILES string of the molecule is C=CC(=C)OCCCCCCOc1ccc(C(=O)Oc2ccc(C3CCC(C#CC)CC3)cc2)cc1. The Bertz CT molecular complexity index is 1030. The van der Waals surface area contributed by atoms with Crippen LogP contribution in [0.5, 0.6) is 11.5 Å². The zero-order valence-corrected chi connectivity index (χ0v) is 21.5. The second-order valence-corrected chi connectivity index (χ2v) is 9.21. The first kappa shape index (κ1) is 27.1. The molecule has 4 nitrogen and oxygen atoms in total. The first-order valence-electron chi connectivity index (χ1n) is 13.0. The molecule has 0 bridgehead atoms. The van der Waals surface area contributed by atoms with Crippen molar-refractivity contribution in [2.75, 3.05) is 13.2 Å². The number of carbonyl (C=O) groups excluding carboxylic acids is 1. The molecule has 1 saturated carbocycles. The number of unbranched alkanes of at least 4 members (excludes halogenated alkanes) is 3. The van der Waals surface area contributed by atoms with Gasteiger partial charge in [0.15, 0.2) is 0 Å². The van der Waals surface area contributed by atoms with Gasteiger partial charge in [-0.1, -0.05) is 25.3 Å². The van der Waals surface area contributed by atoms with Gasteiger partial charge < -0.3 is 14.2 Å². The zero-order valence-electron chi connectivity index (χ0n) is 21.5. The summed E-state index contributed by atoms with van der Waals surface area (Å²) in [4.78, 5) is 12.6. The van der Waals surface area contributed by atoms with Crippen LogP contribution in [0.3, 0.4) is 0 Å². The minimum atomic E-state index is -0.366. The molecule has 0 spiro atoms. The van der Waals surface area contributed by atoms with Crippen molar-refractivity contribution in [3.63, 3.8) is 0 Å². The second kappa shape index (κ2) is 14.8. The molecular weight excluding hydrogens is 448 g/mol. The zero-order chi connectivity index (χ0) is 25.6. The monoisotopic (exact) mass is 486 g/mol. The van der Waals surface area contributed by atoms with Gasteiger partial charge in [-0.05, 0) is 112 Å². The molecular formula is C32H38O4. The minimum absolute atomic E-state index is 0.366. The summed E-state index contributed by atoms with van der Waals surface area (Å²) in [7, 11) is 0. The fourth-order valence-corrected chi connectivity index (χ4v) is 4.45. The molecule has 2 aromatic rings. The van der Waals surface area contributed by atoms with Crippen molar-refractivity contribution in [2.45, 2.75) is 64.2 Å². The van der Waals surface area contributed by atoms with Gasteiger partial charge in [-0.3, -0.25) is 0 Å². The number of carbonyl (C=O) groups is 1. The third-order valence-corrected chi connectivity index (χ3v) is 6.55. The van der Waals surface area contributed by atoms with Crippen LogP contribution in [-0.4, -0.2) is 19.2 Å². The maximum absolute atomic E-state index is 12.6. The highest BCUT2D eigenvalue weighted by Crippen LogP contribution is 2.36. The molecule has 0 heterocycles. The topological polar surface area (TPSA) is 44.8 Å². The van der Waals surface area contributed by atoms with Crippen molar-refractivity contribution in [1.29, 1.82) is 0 Å². The molecule has 0 aliphatic heterocycles. The smallest absolute Gasteiger partial charge is 0.343 e. The molecule has 0 unspecified atom stereocenters. The van der Waals surface area contributed by atoms with Crippen LogP contribution in [0, 0.1) is 17.8 Å². The number of ether oxygens (including phenoxy) is 3. The van der Waals surface area contributed by atoms with Crippen molar-refractivity contribution in [2.24, 2.45) is 5.92 Å². The maximum Gasteiger partial charge on any atom is 0.343 e. The van der Waals surface area contributed by atoms with Crippen LogP contribution >= 0.6 is 0 Å². The van der Waals surface area contributed by atoms with E-state index < -0.39 is 0 Å². The minimum Gasteiger partial charge on any atom is -0.494 e. The molecule has 0 N–H and O–H groups in total. The first-order valence-corrected chi connectivity index (χ1v) is 13.0. The summed E-state index contributed by atoms with van der Waals surface area (Å²) in [6, 6.07) is 15.1. The Balaban J connectivity index is 1.36. The van der Waals surface area contributed by atoms with Crippen LogP contribution < -0.4 is 9.47 Å². The average Bonchev–Trinajstić information content (AvgIpc) is 2.91. The van der Waals surface area contributed by atoms with Crippen LogP contribution in [0.2, 0.25) is 0 Å². The lowest BCUT2D eigenvalue weighted by molar-refractivity contribution is 0.0734. The molecule has 0 radical (unpaired) electrons. The summed E-state index contributed by atoms with van der Waals surface area (Å²) < 4.78 is 16.8. The Labute approximate surface area is 216 Å². The summed E-state index contributed by atoms with van der Waals surface area (Å²) in [5.74, 6) is 9.03. The molecule has 0 saturated heterocycles. The average molecular weight is 487 g/mol. The Kier molecular flexibility index (Phi) is 11.2. The van der Waals surface area contributed by atoms with E-state index in [0.29, 0.717) is 42.1 Å². The van der Waals surface area contributed by atoms with Crippen LogP contribution in [0.25, 0.3) is 0 Å². The summed E-state index contributed by atoms with van der Waals surface area (Å²) in [5.41, 5.74) is 1.81. The van der Waals surface area contributed by atoms with E-state index in [-0.39, 0.29) is 5.97 Å². The Hall–Kier alpha value is -3.45. The largest absolute Gasteiger partial charge is 0.494 e. The lowest BCUT2D eigenvalue weighted by atomic mass is 9.79. The molecule has 0 aromatic heterocycles. The van der Waals surface area contributed by atoms with Gasteiger partial charge >= 0.3 is 5.97 Å². The molecule has 1 aliphatic rings. The Morgan fingerprint density at radius 2 is 1.56 bits per heavy atom. The van der Waals surface area contributed by atoms with E-state index in [0.717, 1.165) is 57.1 Å². The third-order valence-electron chi connectivity index (χ3n) is 6.55. The van der Waals surface area contributed by atoms with E-state index in [1.165, 1.54) is 5.56 Å². The highest BCUT2D eigenvalue weighted by atomic mass is 16.5. The summed E-state index contributed by atoms with van der Waals surface area (Å²) in [6.07, 6.45) is 10.4. The molecule has 2 aromatic carbocycles. The number of benzene rings is 2. The fourth-order valence-electron chi connectivity index (χ4n) is 4.45. The van der Waals surface area contributed by atoms with E-state index in [9.17, 15) is 4.79 Å². The van der Waals surface area contributed by atoms with Gasteiger partial charge in [0.05, 0.1) is 18.8 Å². The summed E-state index contributed by atoms with van der Waals surface area (Å²) in [6.45, 7) is 10.6. The summed E-state index contributed by atoms with van der Waals surface area (Å²) >= 11 is 0. The van der Waals surface area contributed by atoms with E-state index >= 15 is 0 Å². The van der Waals surface area contributed by atoms with Crippen molar-refractivity contribution < 1.29 is 19.0 Å². The van der Waals surface area contributed by atoms with Crippen molar-refractivity contribution in [3.8, 4) is 23.3 Å². The first-order chi connectivity index (χ1) is 17.6. The normalized spacial score (nSPS) is 16.8. The molecule has 36 heavy (non-hydrogen) atoms. The lowest BCUT2D eigenvalue weighted by Crippen LogP contribution is -2.12. The van der Waals surface area contributed by atoms with Crippen LogP contribution in [0.15, 0.2) is 73.5 Å². The van der Waals surface area contributed by atoms with Crippen LogP contribution in [0.1, 0.15) is 80.1 Å². The number of hydrogen-bond acceptors (Lipinski definition) is 4. The Morgan fingerprint density at radius 1 is 0.917 bits per heavy atom. The second-order valence-electron chi connectivity index (χ2n) is 9.21. The number of esters is 1. The van der Waals surface area contributed by atoms with E-state index in [2.05, 4.69) is 37.1 Å². The molecule has 0 atom stereocenters. The van der Waals surface area contributed by atoms with Crippen molar-refractivity contribution >= 4 is 5.97 Å². The third kappa shape index (κ3) is 8.96. The molecule has 0 amide bonds. The molecule has 4 heteroatoms. The predicted octanol–water partition coefficient (Wildman–Crippen LogP) is 7.86. The van der Waals surface area contributed by atoms with Gasteiger partial charge in [-0.25, -0.2) is 4.79 Å². The van der Waals surface area contributed by atoms with Crippen LogP contribution in [0.4, 0.5) is 0 Å². The quantitative estimate of drug-likeness (QED) is 0.0722. The standard InChI is InChI=1S/C32H38O4/c1-4-10-26-11-13-27(14-12-26)28-15-21-31(22-16-28)36-32(33)29-17-19-30(20-18-29)35-24-9-7-6-8-23-34-25(3)5-2/h5,15-22,26-27H,2-3,6-9,11-14,23-24H2,1H3. The number of rotatable bonds is 13. The van der Waals surface area contributed by atoms with Gasteiger partial charge in [0.25, 0.3) is 0 Å². The highest BCUT2D eigenvalue weighted by molar-refractivity contribution is 5.91. The number of allylic oxidation sites excluding steroid dienone is 1.